The van der Waals surface area contributed by atoms with Gasteiger partial charge in [-0.2, -0.15) is 0 Å². The SMILES string of the molecule is Cc1cccc(NC(=O)N(C)CC2CCCCC2O)c1. The molecule has 1 aromatic rings. The van der Waals surface area contributed by atoms with Gasteiger partial charge in [0, 0.05) is 25.2 Å². The average Bonchev–Trinajstić information content (AvgIpc) is 2.41. The highest BCUT2D eigenvalue weighted by molar-refractivity contribution is 5.89. The second kappa shape index (κ2) is 6.75. The van der Waals surface area contributed by atoms with Crippen LogP contribution in [0.4, 0.5) is 10.5 Å². The molecule has 2 N–H and O–H groups in total. The summed E-state index contributed by atoms with van der Waals surface area (Å²) in [7, 11) is 1.78. The fourth-order valence-corrected chi connectivity index (χ4v) is 2.78. The number of aliphatic hydroxyl groups excluding tert-OH is 1. The summed E-state index contributed by atoms with van der Waals surface area (Å²) in [6.45, 7) is 2.61. The van der Waals surface area contributed by atoms with Crippen molar-refractivity contribution in [3.63, 3.8) is 0 Å². The number of carbonyl (C=O) groups excluding carboxylic acids is 1. The number of carbonyl (C=O) groups is 1. The van der Waals surface area contributed by atoms with Crippen molar-refractivity contribution in [3.8, 4) is 0 Å². The molecule has 1 fully saturated rings. The molecule has 0 saturated heterocycles. The normalized spacial score (nSPS) is 22.4. The standard InChI is InChI=1S/C16H24N2O2/c1-12-6-5-8-14(10-12)17-16(20)18(2)11-13-7-3-4-9-15(13)19/h5-6,8,10,13,15,19H,3-4,7,9,11H2,1-2H3,(H,17,20). The van der Waals surface area contributed by atoms with E-state index >= 15 is 0 Å². The third-order valence-electron chi connectivity index (χ3n) is 3.99. The summed E-state index contributed by atoms with van der Waals surface area (Å²) in [6.07, 6.45) is 3.84. The lowest BCUT2D eigenvalue weighted by Crippen LogP contribution is -2.40. The van der Waals surface area contributed by atoms with Crippen LogP contribution < -0.4 is 5.32 Å². The number of hydrogen-bond donors (Lipinski definition) is 2. The molecule has 2 amide bonds. The smallest absolute Gasteiger partial charge is 0.321 e. The predicted octanol–water partition coefficient (Wildman–Crippen LogP) is 3.01. The van der Waals surface area contributed by atoms with Gasteiger partial charge in [0.05, 0.1) is 6.10 Å². The van der Waals surface area contributed by atoms with Crippen LogP contribution in [0.25, 0.3) is 0 Å². The molecule has 4 nitrogen and oxygen atoms in total. The van der Waals surface area contributed by atoms with E-state index in [0.29, 0.717) is 6.54 Å². The lowest BCUT2D eigenvalue weighted by molar-refractivity contribution is 0.0575. The summed E-state index contributed by atoms with van der Waals surface area (Å²) in [5, 5.41) is 12.9. The molecule has 1 aliphatic carbocycles. The highest BCUT2D eigenvalue weighted by Gasteiger charge is 2.25. The summed E-state index contributed by atoms with van der Waals surface area (Å²) in [4.78, 5) is 13.8. The van der Waals surface area contributed by atoms with E-state index in [4.69, 9.17) is 0 Å². The van der Waals surface area contributed by atoms with Crippen LogP contribution in [-0.4, -0.2) is 35.7 Å². The molecule has 2 rings (SSSR count). The maximum Gasteiger partial charge on any atom is 0.321 e. The minimum absolute atomic E-state index is 0.117. The lowest BCUT2D eigenvalue weighted by atomic mass is 9.86. The second-order valence-electron chi connectivity index (χ2n) is 5.79. The molecule has 20 heavy (non-hydrogen) atoms. The molecular weight excluding hydrogens is 252 g/mol. The van der Waals surface area contributed by atoms with E-state index in [-0.39, 0.29) is 18.1 Å². The van der Waals surface area contributed by atoms with Gasteiger partial charge in [-0.05, 0) is 37.5 Å². The number of benzene rings is 1. The van der Waals surface area contributed by atoms with Crippen LogP contribution in [0, 0.1) is 12.8 Å². The van der Waals surface area contributed by atoms with Crippen molar-refractivity contribution in [2.75, 3.05) is 18.9 Å². The molecule has 4 heteroatoms. The first-order valence-corrected chi connectivity index (χ1v) is 7.33. The Hall–Kier alpha value is -1.55. The van der Waals surface area contributed by atoms with E-state index in [1.54, 1.807) is 11.9 Å². The van der Waals surface area contributed by atoms with Crippen molar-refractivity contribution in [1.29, 1.82) is 0 Å². The number of aliphatic hydroxyl groups is 1. The van der Waals surface area contributed by atoms with Crippen LogP contribution >= 0.6 is 0 Å². The molecule has 2 atom stereocenters. The number of nitrogens with one attached hydrogen (secondary N) is 1. The van der Waals surface area contributed by atoms with Crippen LogP contribution in [0.15, 0.2) is 24.3 Å². The van der Waals surface area contributed by atoms with Crippen LogP contribution in [0.1, 0.15) is 31.2 Å². The minimum atomic E-state index is -0.266. The van der Waals surface area contributed by atoms with Gasteiger partial charge in [0.1, 0.15) is 0 Å². The molecule has 0 aliphatic heterocycles. The fourth-order valence-electron chi connectivity index (χ4n) is 2.78. The first-order chi connectivity index (χ1) is 9.56. The van der Waals surface area contributed by atoms with Gasteiger partial charge in [-0.15, -0.1) is 0 Å². The zero-order valence-corrected chi connectivity index (χ0v) is 12.3. The van der Waals surface area contributed by atoms with E-state index < -0.39 is 0 Å². The van der Waals surface area contributed by atoms with Crippen LogP contribution in [-0.2, 0) is 0 Å². The van der Waals surface area contributed by atoms with E-state index in [9.17, 15) is 9.90 Å². The zero-order valence-electron chi connectivity index (χ0n) is 12.3. The number of aryl methyl sites for hydroxylation is 1. The van der Waals surface area contributed by atoms with Crippen LogP contribution in [0.2, 0.25) is 0 Å². The fraction of sp³-hybridized carbons (Fsp3) is 0.562. The summed E-state index contributed by atoms with van der Waals surface area (Å²) < 4.78 is 0. The van der Waals surface area contributed by atoms with Gasteiger partial charge in [0.15, 0.2) is 0 Å². The third-order valence-corrected chi connectivity index (χ3v) is 3.99. The Morgan fingerprint density at radius 3 is 2.85 bits per heavy atom. The zero-order chi connectivity index (χ0) is 14.5. The Morgan fingerprint density at radius 1 is 1.40 bits per heavy atom. The largest absolute Gasteiger partial charge is 0.393 e. The van der Waals surface area contributed by atoms with Crippen molar-refractivity contribution in [2.24, 2.45) is 5.92 Å². The van der Waals surface area contributed by atoms with Crippen LogP contribution in [0.5, 0.6) is 0 Å². The molecule has 1 aliphatic rings. The first kappa shape index (κ1) is 14.9. The van der Waals surface area contributed by atoms with Gasteiger partial charge < -0.3 is 15.3 Å². The number of nitrogens with zero attached hydrogens (tertiary/aromatic N) is 1. The monoisotopic (exact) mass is 276 g/mol. The topological polar surface area (TPSA) is 52.6 Å². The highest BCUT2D eigenvalue weighted by atomic mass is 16.3. The molecule has 0 aromatic heterocycles. The quantitative estimate of drug-likeness (QED) is 0.891. The summed E-state index contributed by atoms with van der Waals surface area (Å²) in [5.41, 5.74) is 1.93. The molecule has 1 aromatic carbocycles. The van der Waals surface area contributed by atoms with Gasteiger partial charge in [-0.25, -0.2) is 4.79 Å². The lowest BCUT2D eigenvalue weighted by Gasteiger charge is -2.31. The number of hydrogen-bond acceptors (Lipinski definition) is 2. The maximum atomic E-state index is 12.1. The molecule has 110 valence electrons. The molecule has 0 bridgehead atoms. The van der Waals surface area contributed by atoms with Crippen LogP contribution in [0.3, 0.4) is 0 Å². The summed E-state index contributed by atoms with van der Waals surface area (Å²) >= 11 is 0. The molecule has 0 radical (unpaired) electrons. The number of amides is 2. The number of anilines is 1. The van der Waals surface area contributed by atoms with Gasteiger partial charge in [0.2, 0.25) is 0 Å². The van der Waals surface area contributed by atoms with E-state index in [1.807, 2.05) is 31.2 Å². The van der Waals surface area contributed by atoms with Gasteiger partial charge in [-0.1, -0.05) is 25.0 Å². The van der Waals surface area contributed by atoms with Crippen molar-refractivity contribution >= 4 is 11.7 Å². The highest BCUT2D eigenvalue weighted by Crippen LogP contribution is 2.25. The van der Waals surface area contributed by atoms with Crippen molar-refractivity contribution in [3.05, 3.63) is 29.8 Å². The molecule has 0 spiro atoms. The van der Waals surface area contributed by atoms with Gasteiger partial charge in [-0.3, -0.25) is 0 Å². The van der Waals surface area contributed by atoms with Crippen molar-refractivity contribution in [1.82, 2.24) is 4.90 Å². The van der Waals surface area contributed by atoms with Crippen molar-refractivity contribution in [2.45, 2.75) is 38.7 Å². The molecular formula is C16H24N2O2. The Morgan fingerprint density at radius 2 is 2.15 bits per heavy atom. The third kappa shape index (κ3) is 3.97. The van der Waals surface area contributed by atoms with Crippen molar-refractivity contribution < 1.29 is 9.90 Å². The van der Waals surface area contributed by atoms with E-state index in [0.717, 1.165) is 36.9 Å². The first-order valence-electron chi connectivity index (χ1n) is 7.33. The summed E-state index contributed by atoms with van der Waals surface area (Å²) in [6, 6.07) is 7.64. The Labute approximate surface area is 120 Å². The Kier molecular flexibility index (Phi) is 5.01. The number of urea groups is 1. The number of rotatable bonds is 3. The molecule has 2 unspecified atom stereocenters. The van der Waals surface area contributed by atoms with Gasteiger partial charge >= 0.3 is 6.03 Å². The minimum Gasteiger partial charge on any atom is -0.393 e. The average molecular weight is 276 g/mol. The Bertz CT molecular complexity index is 462. The Balaban J connectivity index is 1.88. The van der Waals surface area contributed by atoms with Gasteiger partial charge in [0.25, 0.3) is 0 Å². The second-order valence-corrected chi connectivity index (χ2v) is 5.79. The molecule has 1 saturated carbocycles. The predicted molar refractivity (Wildman–Crippen MR) is 80.8 cm³/mol. The molecule has 0 heterocycles. The van der Waals surface area contributed by atoms with E-state index in [1.165, 1.54) is 0 Å². The maximum absolute atomic E-state index is 12.1. The van der Waals surface area contributed by atoms with E-state index in [2.05, 4.69) is 5.32 Å². The summed E-state index contributed by atoms with van der Waals surface area (Å²) in [5.74, 6) is 0.206.